The molecule has 0 amide bonds. The maximum atomic E-state index is 10.6. The van der Waals surface area contributed by atoms with E-state index in [0.717, 1.165) is 14.2 Å². The van der Waals surface area contributed by atoms with Crippen molar-refractivity contribution in [1.82, 2.24) is 0 Å². The van der Waals surface area contributed by atoms with E-state index in [0.29, 0.717) is 0 Å². The van der Waals surface area contributed by atoms with Crippen LogP contribution in [-0.4, -0.2) is 39.2 Å². The average molecular weight is 202 g/mol. The molecule has 14 heavy (non-hydrogen) atoms. The molecule has 0 rings (SSSR count). The van der Waals surface area contributed by atoms with Crippen molar-refractivity contribution in [3.05, 3.63) is 0 Å². The quantitative estimate of drug-likeness (QED) is 0.491. The van der Waals surface area contributed by atoms with Gasteiger partial charge in [0, 0.05) is 0 Å². The van der Waals surface area contributed by atoms with Gasteiger partial charge in [-0.15, -0.1) is 6.42 Å². The lowest BCUT2D eigenvalue weighted by molar-refractivity contribution is 0.0126. The van der Waals surface area contributed by atoms with Gasteiger partial charge < -0.3 is 18.9 Å². The van der Waals surface area contributed by atoms with Gasteiger partial charge in [-0.1, -0.05) is 5.92 Å². The Morgan fingerprint density at radius 2 is 1.86 bits per heavy atom. The van der Waals surface area contributed by atoms with E-state index in [1.807, 2.05) is 0 Å². The van der Waals surface area contributed by atoms with Crippen molar-refractivity contribution >= 4 is 12.3 Å². The number of hydrogen-bond acceptors (Lipinski definition) is 6. The maximum Gasteiger partial charge on any atom is 0.509 e. The van der Waals surface area contributed by atoms with E-state index in [1.165, 1.54) is 0 Å². The summed E-state index contributed by atoms with van der Waals surface area (Å²) in [6.45, 7) is -0.279. The molecule has 0 aromatic carbocycles. The molecule has 0 aromatic heterocycles. The Hall–Kier alpha value is -1.90. The number of ether oxygens (including phenoxy) is 4. The van der Waals surface area contributed by atoms with Crippen molar-refractivity contribution in [3.63, 3.8) is 0 Å². The molecule has 6 heteroatoms. The molecule has 0 aliphatic heterocycles. The molecular formula is C8H10O6. The van der Waals surface area contributed by atoms with Crippen molar-refractivity contribution in [2.45, 2.75) is 6.10 Å². The minimum Gasteiger partial charge on any atom is -0.438 e. The Balaban J connectivity index is 3.87. The Bertz CT molecular complexity index is 241. The lowest BCUT2D eigenvalue weighted by Crippen LogP contribution is -2.23. The fourth-order valence-corrected chi connectivity index (χ4v) is 0.483. The van der Waals surface area contributed by atoms with Crippen LogP contribution < -0.4 is 0 Å². The second kappa shape index (κ2) is 6.60. The number of terminal acetylenes is 1. The maximum absolute atomic E-state index is 10.6. The minimum absolute atomic E-state index is 0.279. The smallest absolute Gasteiger partial charge is 0.438 e. The Morgan fingerprint density at radius 1 is 1.29 bits per heavy atom. The summed E-state index contributed by atoms with van der Waals surface area (Å²) in [5, 5.41) is 0. The predicted octanol–water partition coefficient (Wildman–Crippen LogP) is 0.554. The van der Waals surface area contributed by atoms with E-state index < -0.39 is 18.4 Å². The molecule has 0 aliphatic carbocycles. The molecule has 0 saturated carbocycles. The number of methoxy groups -OCH3 is 2. The highest BCUT2D eigenvalue weighted by Gasteiger charge is 2.14. The zero-order chi connectivity index (χ0) is 11.0. The third kappa shape index (κ3) is 4.87. The van der Waals surface area contributed by atoms with E-state index in [4.69, 9.17) is 6.42 Å². The van der Waals surface area contributed by atoms with E-state index in [9.17, 15) is 9.59 Å². The molecule has 0 fully saturated rings. The first-order chi connectivity index (χ1) is 6.63. The van der Waals surface area contributed by atoms with Gasteiger partial charge in [0.2, 0.25) is 0 Å². The molecule has 0 heterocycles. The van der Waals surface area contributed by atoms with Gasteiger partial charge in [0.1, 0.15) is 6.61 Å². The van der Waals surface area contributed by atoms with Crippen molar-refractivity contribution in [1.29, 1.82) is 0 Å². The monoisotopic (exact) mass is 202 g/mol. The van der Waals surface area contributed by atoms with E-state index in [1.54, 1.807) is 0 Å². The lowest BCUT2D eigenvalue weighted by Gasteiger charge is -2.10. The molecule has 0 spiro atoms. The molecule has 1 unspecified atom stereocenters. The van der Waals surface area contributed by atoms with Gasteiger partial charge in [-0.25, -0.2) is 9.59 Å². The Labute approximate surface area is 81.1 Å². The lowest BCUT2D eigenvalue weighted by atomic mass is 10.4. The topological polar surface area (TPSA) is 71.1 Å². The summed E-state index contributed by atoms with van der Waals surface area (Å²) in [4.78, 5) is 21.1. The largest absolute Gasteiger partial charge is 0.509 e. The minimum atomic E-state index is -0.985. The Morgan fingerprint density at radius 3 is 2.29 bits per heavy atom. The van der Waals surface area contributed by atoms with Gasteiger partial charge in [-0.2, -0.15) is 0 Å². The van der Waals surface area contributed by atoms with Crippen LogP contribution in [0.25, 0.3) is 0 Å². The summed E-state index contributed by atoms with van der Waals surface area (Å²) in [6, 6.07) is 0. The second-order valence-corrected chi connectivity index (χ2v) is 1.99. The molecule has 0 bridgehead atoms. The van der Waals surface area contributed by atoms with Crippen LogP contribution in [0.2, 0.25) is 0 Å². The first kappa shape index (κ1) is 12.1. The molecule has 78 valence electrons. The van der Waals surface area contributed by atoms with Gasteiger partial charge in [-0.3, -0.25) is 0 Å². The van der Waals surface area contributed by atoms with Gasteiger partial charge in [-0.05, 0) is 0 Å². The van der Waals surface area contributed by atoms with Crippen LogP contribution >= 0.6 is 0 Å². The second-order valence-electron chi connectivity index (χ2n) is 1.99. The molecule has 1 atom stereocenters. The van der Waals surface area contributed by atoms with Crippen LogP contribution in [0.3, 0.4) is 0 Å². The summed E-state index contributed by atoms with van der Waals surface area (Å²) in [7, 11) is 2.28. The fraction of sp³-hybridized carbons (Fsp3) is 0.500. The highest BCUT2D eigenvalue weighted by Crippen LogP contribution is 1.95. The van der Waals surface area contributed by atoms with Crippen molar-refractivity contribution in [2.24, 2.45) is 0 Å². The summed E-state index contributed by atoms with van der Waals surface area (Å²) in [6.07, 6.45) is 2.16. The van der Waals surface area contributed by atoms with Crippen molar-refractivity contribution < 1.29 is 28.5 Å². The van der Waals surface area contributed by atoms with E-state index in [-0.39, 0.29) is 6.61 Å². The number of hydrogen-bond donors (Lipinski definition) is 0. The van der Waals surface area contributed by atoms with Crippen LogP contribution in [0, 0.1) is 12.3 Å². The van der Waals surface area contributed by atoms with Gasteiger partial charge >= 0.3 is 12.3 Å². The normalized spacial score (nSPS) is 10.6. The first-order valence-electron chi connectivity index (χ1n) is 3.55. The third-order valence-corrected chi connectivity index (χ3v) is 1.11. The number of carbonyl (C=O) groups excluding carboxylic acids is 2. The van der Waals surface area contributed by atoms with Crippen LogP contribution in [-0.2, 0) is 18.9 Å². The van der Waals surface area contributed by atoms with Crippen LogP contribution in [0.4, 0.5) is 9.59 Å². The summed E-state index contributed by atoms with van der Waals surface area (Å²) in [5.41, 5.74) is 0. The molecule has 0 N–H and O–H groups in total. The Kier molecular flexibility index (Phi) is 5.70. The zero-order valence-corrected chi connectivity index (χ0v) is 7.81. The molecule has 6 nitrogen and oxygen atoms in total. The highest BCUT2D eigenvalue weighted by molar-refractivity contribution is 5.61. The standard InChI is InChI=1S/C8H10O6/c1-4-6(14-8(10)12-3)5-13-7(9)11-2/h1,6H,5H2,2-3H3. The predicted molar refractivity (Wildman–Crippen MR) is 44.5 cm³/mol. The average Bonchev–Trinajstić information content (AvgIpc) is 2.22. The van der Waals surface area contributed by atoms with Gasteiger partial charge in [0.25, 0.3) is 0 Å². The van der Waals surface area contributed by atoms with Gasteiger partial charge in [0.05, 0.1) is 14.2 Å². The molecule has 0 saturated heterocycles. The van der Waals surface area contributed by atoms with Crippen molar-refractivity contribution in [2.75, 3.05) is 20.8 Å². The van der Waals surface area contributed by atoms with Crippen LogP contribution in [0.15, 0.2) is 0 Å². The number of rotatable bonds is 3. The van der Waals surface area contributed by atoms with Crippen LogP contribution in [0.5, 0.6) is 0 Å². The number of carbonyl (C=O) groups is 2. The molecule has 0 aliphatic rings. The van der Waals surface area contributed by atoms with Gasteiger partial charge in [0.15, 0.2) is 6.10 Å². The third-order valence-electron chi connectivity index (χ3n) is 1.11. The summed E-state index contributed by atoms with van der Waals surface area (Å²) < 4.78 is 17.3. The first-order valence-corrected chi connectivity index (χ1v) is 3.55. The van der Waals surface area contributed by atoms with E-state index in [2.05, 4.69) is 24.9 Å². The highest BCUT2D eigenvalue weighted by atomic mass is 16.7. The van der Waals surface area contributed by atoms with E-state index >= 15 is 0 Å². The summed E-state index contributed by atoms with van der Waals surface area (Å²) in [5.74, 6) is 2.09. The summed E-state index contributed by atoms with van der Waals surface area (Å²) >= 11 is 0. The molecular weight excluding hydrogens is 192 g/mol. The zero-order valence-electron chi connectivity index (χ0n) is 7.81. The van der Waals surface area contributed by atoms with Crippen molar-refractivity contribution in [3.8, 4) is 12.3 Å². The molecule has 0 aromatic rings. The molecule has 0 radical (unpaired) electrons. The fourth-order valence-electron chi connectivity index (χ4n) is 0.483. The SMILES string of the molecule is C#CC(COC(=O)OC)OC(=O)OC. The van der Waals surface area contributed by atoms with Crippen LogP contribution in [0.1, 0.15) is 0 Å².